The van der Waals surface area contributed by atoms with Crippen molar-refractivity contribution >= 4 is 5.91 Å². The largest absolute Gasteiger partial charge is 0.493 e. The lowest BCUT2D eigenvalue weighted by atomic mass is 9.89. The predicted molar refractivity (Wildman–Crippen MR) is 119 cm³/mol. The summed E-state index contributed by atoms with van der Waals surface area (Å²) in [5, 5.41) is 24.5. The summed E-state index contributed by atoms with van der Waals surface area (Å²) < 4.78 is 116. The second-order valence-corrected chi connectivity index (χ2v) is 6.88. The van der Waals surface area contributed by atoms with Gasteiger partial charge in [-0.3, -0.25) is 4.79 Å². The lowest BCUT2D eigenvalue weighted by Gasteiger charge is -2.33. The lowest BCUT2D eigenvalue weighted by Crippen LogP contribution is -2.49. The maximum Gasteiger partial charge on any atom is 0.256 e. The number of carbonyl (C=O) groups excluding carboxylic acids is 1. The van der Waals surface area contributed by atoms with E-state index in [1.807, 2.05) is 5.32 Å². The second-order valence-electron chi connectivity index (χ2n) is 6.88. The molecule has 0 heterocycles. The summed E-state index contributed by atoms with van der Waals surface area (Å²) in [7, 11) is 0. The first kappa shape index (κ1) is 10.8. The smallest absolute Gasteiger partial charge is 0.256 e. The SMILES string of the molecule is [2H]C([2H])([2H])[C@H](CCC)C([2H])([2H])Oc1ccc([C@@H](NC(=O)[C@](O)(c2ccccc2)C([2H])([2H])[2H])C(O)(C([2H])([2H])[2H])C([2H])([2H])[2H])cc1. The molecule has 5 nitrogen and oxygen atoms in total. The number of benzene rings is 2. The number of hydrogen-bond acceptors (Lipinski definition) is 4. The molecule has 0 aliphatic rings. The molecule has 0 unspecified atom stereocenters. The van der Waals surface area contributed by atoms with E-state index in [1.54, 1.807) is 6.92 Å². The van der Waals surface area contributed by atoms with Crippen LogP contribution in [0.1, 0.15) is 83.5 Å². The van der Waals surface area contributed by atoms with E-state index in [9.17, 15) is 15.0 Å². The standard InChI is InChI=1S/C25H35NO4/c1-6-10-18(2)17-30-21-15-13-19(14-16-21)22(24(3,4)28)26-23(27)25(5,29)20-11-8-7-9-12-20/h7-9,11-16,18,22,28-29H,6,10,17H2,1-5H3,(H,26,27)/t18-,22-,25-/m1/s1/i2D3,3D3,4D3,5D3,17D2. The maximum atomic E-state index is 13.6. The number of nitrogens with one attached hydrogen (secondary N) is 1. The van der Waals surface area contributed by atoms with Gasteiger partial charge >= 0.3 is 0 Å². The van der Waals surface area contributed by atoms with Crippen LogP contribution in [0.4, 0.5) is 0 Å². The Kier molecular flexibility index (Phi) is 3.63. The van der Waals surface area contributed by atoms with Crippen molar-refractivity contribution in [2.75, 3.05) is 6.56 Å². The first-order chi connectivity index (χ1) is 19.7. The third-order valence-electron chi connectivity index (χ3n) is 4.32. The average molecular weight is 428 g/mol. The molecule has 2 rings (SSSR count). The highest BCUT2D eigenvalue weighted by Crippen LogP contribution is 2.29. The molecule has 0 saturated heterocycles. The third-order valence-corrected chi connectivity index (χ3v) is 4.32. The normalized spacial score (nSPS) is 24.8. The molecule has 0 aliphatic carbocycles. The zero-order chi connectivity index (χ0) is 34.2. The molecular weight excluding hydrogens is 378 g/mol. The molecule has 0 aliphatic heterocycles. The fraction of sp³-hybridized carbons (Fsp3) is 0.480. The zero-order valence-electron chi connectivity index (χ0n) is 30.5. The molecule has 30 heavy (non-hydrogen) atoms. The first-order valence-corrected chi connectivity index (χ1v) is 9.35. The Hall–Kier alpha value is -2.37. The summed E-state index contributed by atoms with van der Waals surface area (Å²) in [4.78, 5) is 13.6. The molecule has 0 aromatic heterocycles. The van der Waals surface area contributed by atoms with Crippen molar-refractivity contribution in [2.24, 2.45) is 5.92 Å². The minimum absolute atomic E-state index is 0.0479. The Morgan fingerprint density at radius 1 is 1.13 bits per heavy atom. The summed E-state index contributed by atoms with van der Waals surface area (Å²) in [6.45, 7) is -14.7. The molecular formula is C25H35NO4. The minimum atomic E-state index is -3.74. The van der Waals surface area contributed by atoms with E-state index < -0.39 is 74.2 Å². The van der Waals surface area contributed by atoms with E-state index in [4.69, 9.17) is 23.9 Å². The van der Waals surface area contributed by atoms with E-state index in [2.05, 4.69) is 0 Å². The molecule has 0 radical (unpaired) electrons. The van der Waals surface area contributed by atoms with E-state index in [1.165, 1.54) is 18.2 Å². The summed E-state index contributed by atoms with van der Waals surface area (Å²) in [6, 6.07) is 7.99. The van der Waals surface area contributed by atoms with Crippen molar-refractivity contribution in [1.82, 2.24) is 5.32 Å². The van der Waals surface area contributed by atoms with E-state index >= 15 is 0 Å². The van der Waals surface area contributed by atoms with Crippen LogP contribution >= 0.6 is 0 Å². The van der Waals surface area contributed by atoms with Crippen LogP contribution in [-0.2, 0) is 10.4 Å². The van der Waals surface area contributed by atoms with Crippen LogP contribution in [-0.4, -0.2) is 28.3 Å². The van der Waals surface area contributed by atoms with Gasteiger partial charge in [-0.25, -0.2) is 0 Å². The van der Waals surface area contributed by atoms with Gasteiger partial charge in [-0.15, -0.1) is 0 Å². The van der Waals surface area contributed by atoms with Crippen molar-refractivity contribution in [2.45, 2.75) is 64.4 Å². The monoisotopic (exact) mass is 427 g/mol. The van der Waals surface area contributed by atoms with Crippen molar-refractivity contribution < 1.29 is 38.9 Å². The van der Waals surface area contributed by atoms with Crippen molar-refractivity contribution in [3.05, 3.63) is 65.7 Å². The third kappa shape index (κ3) is 6.31. The number of carbonyl (C=O) groups is 1. The van der Waals surface area contributed by atoms with E-state index in [-0.39, 0.29) is 12.2 Å². The first-order valence-electron chi connectivity index (χ1n) is 16.4. The number of rotatable bonds is 10. The summed E-state index contributed by atoms with van der Waals surface area (Å²) in [5.41, 5.74) is -7.89. The van der Waals surface area contributed by atoms with Gasteiger partial charge in [-0.05, 0) is 56.2 Å². The highest BCUT2D eigenvalue weighted by molar-refractivity contribution is 5.86. The zero-order valence-corrected chi connectivity index (χ0v) is 16.5. The summed E-state index contributed by atoms with van der Waals surface area (Å²) >= 11 is 0. The Bertz CT molecular complexity index is 1240. The number of ether oxygens (including phenoxy) is 1. The Morgan fingerprint density at radius 3 is 2.40 bits per heavy atom. The van der Waals surface area contributed by atoms with Crippen LogP contribution in [0.2, 0.25) is 0 Å². The Morgan fingerprint density at radius 2 is 1.83 bits per heavy atom. The van der Waals surface area contributed by atoms with Gasteiger partial charge in [-0.2, -0.15) is 0 Å². The van der Waals surface area contributed by atoms with Crippen molar-refractivity contribution in [3.63, 3.8) is 0 Å². The fourth-order valence-electron chi connectivity index (χ4n) is 2.69. The van der Waals surface area contributed by atoms with Gasteiger partial charge in [0.05, 0.1) is 20.9 Å². The van der Waals surface area contributed by atoms with Crippen LogP contribution in [0.15, 0.2) is 54.6 Å². The highest BCUT2D eigenvalue weighted by Gasteiger charge is 2.37. The van der Waals surface area contributed by atoms with E-state index in [0.717, 1.165) is 36.4 Å². The van der Waals surface area contributed by atoms with Crippen LogP contribution in [0.5, 0.6) is 5.75 Å². The molecule has 0 fully saturated rings. The molecule has 0 saturated carbocycles. The van der Waals surface area contributed by atoms with E-state index in [0.29, 0.717) is 6.42 Å². The van der Waals surface area contributed by atoms with Gasteiger partial charge in [0.25, 0.3) is 5.91 Å². The van der Waals surface area contributed by atoms with Crippen LogP contribution in [0, 0.1) is 5.92 Å². The van der Waals surface area contributed by atoms with Crippen molar-refractivity contribution in [3.8, 4) is 5.75 Å². The lowest BCUT2D eigenvalue weighted by molar-refractivity contribution is -0.141. The Labute approximate surface area is 199 Å². The van der Waals surface area contributed by atoms with Gasteiger partial charge < -0.3 is 20.3 Å². The number of aliphatic hydroxyl groups is 2. The maximum absolute atomic E-state index is 13.6. The topological polar surface area (TPSA) is 78.8 Å². The van der Waals surface area contributed by atoms with Gasteiger partial charge in [0, 0.05) is 16.4 Å². The molecule has 0 spiro atoms. The van der Waals surface area contributed by atoms with Crippen molar-refractivity contribution in [1.29, 1.82) is 0 Å². The molecule has 0 bridgehead atoms. The van der Waals surface area contributed by atoms with Crippen LogP contribution in [0.3, 0.4) is 0 Å². The van der Waals surface area contributed by atoms with Crippen LogP contribution in [0.25, 0.3) is 0 Å². The van der Waals surface area contributed by atoms with Crippen LogP contribution < -0.4 is 10.1 Å². The van der Waals surface area contributed by atoms with Gasteiger partial charge in [0.15, 0.2) is 5.60 Å². The fourth-order valence-corrected chi connectivity index (χ4v) is 2.69. The summed E-state index contributed by atoms with van der Waals surface area (Å²) in [5.74, 6) is -3.53. The van der Waals surface area contributed by atoms with Gasteiger partial charge in [0.1, 0.15) is 5.75 Å². The van der Waals surface area contributed by atoms with Gasteiger partial charge in [0.2, 0.25) is 0 Å². The molecule has 3 N–H and O–H groups in total. The Balaban J connectivity index is 2.68. The molecule has 2 aromatic rings. The summed E-state index contributed by atoms with van der Waals surface area (Å²) in [6.07, 6.45) is 0.286. The average Bonchev–Trinajstić information content (AvgIpc) is 2.87. The highest BCUT2D eigenvalue weighted by atomic mass is 16.5. The predicted octanol–water partition coefficient (Wildman–Crippen LogP) is 4.34. The molecule has 1 amide bonds. The molecule has 5 heteroatoms. The minimum Gasteiger partial charge on any atom is -0.493 e. The molecule has 2 aromatic carbocycles. The number of amides is 1. The van der Waals surface area contributed by atoms with Gasteiger partial charge in [-0.1, -0.05) is 62.7 Å². The quantitative estimate of drug-likeness (QED) is 0.527. The molecule has 3 atom stereocenters. The number of hydrogen-bond donors (Lipinski definition) is 3. The molecule has 164 valence electrons. The second kappa shape index (κ2) is 10.1.